The monoisotopic (exact) mass is 316 g/mol. The molecule has 0 aromatic carbocycles. The van der Waals surface area contributed by atoms with Crippen molar-refractivity contribution in [2.45, 2.75) is 30.6 Å². The van der Waals surface area contributed by atoms with E-state index in [1.165, 1.54) is 6.33 Å². The van der Waals surface area contributed by atoms with Gasteiger partial charge < -0.3 is 5.11 Å². The second-order valence-electron chi connectivity index (χ2n) is 4.26. The lowest BCUT2D eigenvalue weighted by Crippen LogP contribution is -2.24. The van der Waals surface area contributed by atoms with Gasteiger partial charge in [-0.3, -0.25) is 5.10 Å². The molecule has 0 spiro atoms. The molecule has 0 bridgehead atoms. The Labute approximate surface area is 121 Å². The van der Waals surface area contributed by atoms with Crippen LogP contribution in [0.3, 0.4) is 0 Å². The van der Waals surface area contributed by atoms with Crippen LogP contribution in [-0.4, -0.2) is 35.3 Å². The number of nitrogens with zero attached hydrogens (tertiary/aromatic N) is 2. The van der Waals surface area contributed by atoms with Crippen molar-refractivity contribution in [1.29, 1.82) is 0 Å². The lowest BCUT2D eigenvalue weighted by Gasteiger charge is -2.03. The molecule has 2 aromatic rings. The number of aliphatic hydroxyl groups is 1. The Morgan fingerprint density at radius 1 is 1.50 bits per heavy atom. The van der Waals surface area contributed by atoms with Crippen LogP contribution in [0.4, 0.5) is 0 Å². The van der Waals surface area contributed by atoms with Gasteiger partial charge in [0.05, 0.1) is 6.61 Å². The number of rotatable bonds is 7. The van der Waals surface area contributed by atoms with Gasteiger partial charge in [-0.05, 0) is 25.0 Å². The predicted molar refractivity (Wildman–Crippen MR) is 74.9 cm³/mol. The van der Waals surface area contributed by atoms with Crippen LogP contribution in [0, 0.1) is 6.92 Å². The number of aliphatic hydroxyl groups excluding tert-OH is 1. The molecule has 0 saturated heterocycles. The topological polar surface area (TPSA) is 108 Å². The van der Waals surface area contributed by atoms with E-state index in [9.17, 15) is 8.42 Å². The SMILES string of the molecule is Cc1cc(S(=O)(=O)NCCCc2ncn[nH]2)sc1CO. The normalized spacial score (nSPS) is 11.9. The van der Waals surface area contributed by atoms with E-state index >= 15 is 0 Å². The number of nitrogens with one attached hydrogen (secondary N) is 2. The van der Waals surface area contributed by atoms with Crippen LogP contribution in [-0.2, 0) is 23.1 Å². The van der Waals surface area contributed by atoms with Crippen molar-refractivity contribution in [2.75, 3.05) is 6.54 Å². The Hall–Kier alpha value is -1.29. The van der Waals surface area contributed by atoms with Crippen molar-refractivity contribution in [3.63, 3.8) is 0 Å². The van der Waals surface area contributed by atoms with Crippen molar-refractivity contribution < 1.29 is 13.5 Å². The van der Waals surface area contributed by atoms with Crippen LogP contribution in [0.5, 0.6) is 0 Å². The number of H-pyrrole nitrogens is 1. The number of aromatic nitrogens is 3. The molecule has 0 aliphatic heterocycles. The minimum atomic E-state index is -3.50. The second kappa shape index (κ2) is 6.44. The summed E-state index contributed by atoms with van der Waals surface area (Å²) in [6.07, 6.45) is 2.68. The first-order valence-corrected chi connectivity index (χ1v) is 8.37. The first kappa shape index (κ1) is 15.1. The summed E-state index contributed by atoms with van der Waals surface area (Å²) in [5.74, 6) is 0.735. The Morgan fingerprint density at radius 2 is 2.30 bits per heavy atom. The van der Waals surface area contributed by atoms with Gasteiger partial charge >= 0.3 is 0 Å². The van der Waals surface area contributed by atoms with Crippen LogP contribution in [0.25, 0.3) is 0 Å². The van der Waals surface area contributed by atoms with Crippen molar-refractivity contribution in [2.24, 2.45) is 0 Å². The molecule has 0 amide bonds. The van der Waals surface area contributed by atoms with Crippen molar-refractivity contribution >= 4 is 21.4 Å². The third kappa shape index (κ3) is 3.63. The Morgan fingerprint density at radius 3 is 2.90 bits per heavy atom. The zero-order valence-corrected chi connectivity index (χ0v) is 12.6. The smallest absolute Gasteiger partial charge is 0.250 e. The van der Waals surface area contributed by atoms with Gasteiger partial charge in [-0.1, -0.05) is 0 Å². The fourth-order valence-electron chi connectivity index (χ4n) is 1.66. The molecule has 110 valence electrons. The predicted octanol–water partition coefficient (Wildman–Crippen LogP) is 0.578. The van der Waals surface area contributed by atoms with E-state index in [1.54, 1.807) is 13.0 Å². The van der Waals surface area contributed by atoms with Gasteiger partial charge in [0.15, 0.2) is 0 Å². The van der Waals surface area contributed by atoms with Gasteiger partial charge in [0.25, 0.3) is 0 Å². The van der Waals surface area contributed by atoms with Gasteiger partial charge in [-0.2, -0.15) is 5.10 Å². The standard InChI is InChI=1S/C11H16N4O3S2/c1-8-5-11(19-9(8)6-16)20(17,18)14-4-2-3-10-12-7-13-15-10/h5,7,14,16H,2-4,6H2,1H3,(H,12,13,15). The molecule has 0 fully saturated rings. The average Bonchev–Trinajstić information content (AvgIpc) is 3.04. The quantitative estimate of drug-likeness (QED) is 0.648. The van der Waals surface area contributed by atoms with Crippen LogP contribution in [0.2, 0.25) is 0 Å². The maximum Gasteiger partial charge on any atom is 0.250 e. The summed E-state index contributed by atoms with van der Waals surface area (Å²) in [7, 11) is -3.50. The summed E-state index contributed by atoms with van der Waals surface area (Å²) in [5, 5.41) is 15.5. The minimum absolute atomic E-state index is 0.141. The maximum atomic E-state index is 12.1. The lowest BCUT2D eigenvalue weighted by atomic mass is 10.3. The number of hydrogen-bond acceptors (Lipinski definition) is 6. The summed E-state index contributed by atoms with van der Waals surface area (Å²) in [6.45, 7) is 1.97. The van der Waals surface area contributed by atoms with E-state index in [-0.39, 0.29) is 10.8 Å². The summed E-state index contributed by atoms with van der Waals surface area (Å²) >= 11 is 1.09. The molecule has 0 unspecified atom stereocenters. The fraction of sp³-hybridized carbons (Fsp3) is 0.455. The number of hydrogen-bond donors (Lipinski definition) is 3. The van der Waals surface area contributed by atoms with Crippen molar-refractivity contribution in [1.82, 2.24) is 19.9 Å². The zero-order valence-electron chi connectivity index (χ0n) is 11.0. The number of sulfonamides is 1. The first-order chi connectivity index (χ1) is 9.53. The minimum Gasteiger partial charge on any atom is -0.391 e. The van der Waals surface area contributed by atoms with Gasteiger partial charge in [-0.25, -0.2) is 18.1 Å². The van der Waals surface area contributed by atoms with E-state index in [0.29, 0.717) is 24.3 Å². The van der Waals surface area contributed by atoms with Crippen LogP contribution >= 0.6 is 11.3 Å². The van der Waals surface area contributed by atoms with Crippen molar-refractivity contribution in [3.8, 4) is 0 Å². The molecule has 3 N–H and O–H groups in total. The van der Waals surface area contributed by atoms with Gasteiger partial charge in [0.1, 0.15) is 16.4 Å². The van der Waals surface area contributed by atoms with Crippen LogP contribution < -0.4 is 4.72 Å². The zero-order chi connectivity index (χ0) is 14.6. The molecule has 7 nitrogen and oxygen atoms in total. The van der Waals surface area contributed by atoms with E-state index in [1.807, 2.05) is 0 Å². The average molecular weight is 316 g/mol. The fourth-order valence-corrected chi connectivity index (χ4v) is 4.23. The molecule has 0 aliphatic rings. The molecule has 0 aliphatic carbocycles. The summed E-state index contributed by atoms with van der Waals surface area (Å²) in [4.78, 5) is 4.64. The van der Waals surface area contributed by atoms with E-state index in [2.05, 4.69) is 19.9 Å². The van der Waals surface area contributed by atoms with Gasteiger partial charge in [0.2, 0.25) is 10.0 Å². The summed E-state index contributed by atoms with van der Waals surface area (Å²) < 4.78 is 26.9. The summed E-state index contributed by atoms with van der Waals surface area (Å²) in [6, 6.07) is 1.58. The Kier molecular flexibility index (Phi) is 4.86. The Bertz CT molecular complexity index is 649. The van der Waals surface area contributed by atoms with E-state index < -0.39 is 10.0 Å². The van der Waals surface area contributed by atoms with E-state index in [4.69, 9.17) is 5.11 Å². The van der Waals surface area contributed by atoms with E-state index in [0.717, 1.165) is 22.7 Å². The van der Waals surface area contributed by atoms with Gasteiger partial charge in [0, 0.05) is 17.8 Å². The highest BCUT2D eigenvalue weighted by atomic mass is 32.2. The van der Waals surface area contributed by atoms with Crippen molar-refractivity contribution in [3.05, 3.63) is 28.7 Å². The number of aromatic amines is 1. The molecule has 20 heavy (non-hydrogen) atoms. The molecule has 0 atom stereocenters. The number of thiophene rings is 1. The molecule has 9 heteroatoms. The molecular formula is C11H16N4O3S2. The van der Waals surface area contributed by atoms with Crippen LogP contribution in [0.1, 0.15) is 22.7 Å². The third-order valence-corrected chi connectivity index (χ3v) is 5.91. The highest BCUT2D eigenvalue weighted by Crippen LogP contribution is 2.25. The van der Waals surface area contributed by atoms with Gasteiger partial charge in [-0.15, -0.1) is 11.3 Å². The number of aryl methyl sites for hydroxylation is 2. The highest BCUT2D eigenvalue weighted by Gasteiger charge is 2.18. The molecule has 2 aromatic heterocycles. The Balaban J connectivity index is 1.90. The third-order valence-electron chi connectivity index (χ3n) is 2.75. The van der Waals surface area contributed by atoms with Crippen LogP contribution in [0.15, 0.2) is 16.6 Å². The summed E-state index contributed by atoms with van der Waals surface area (Å²) in [5.41, 5.74) is 0.791. The molecular weight excluding hydrogens is 300 g/mol. The highest BCUT2D eigenvalue weighted by molar-refractivity contribution is 7.91. The maximum absolute atomic E-state index is 12.1. The first-order valence-electron chi connectivity index (χ1n) is 6.07. The molecule has 0 saturated carbocycles. The molecule has 2 heterocycles. The molecule has 0 radical (unpaired) electrons. The largest absolute Gasteiger partial charge is 0.391 e. The molecule has 2 rings (SSSR count). The second-order valence-corrected chi connectivity index (χ2v) is 7.39. The lowest BCUT2D eigenvalue weighted by molar-refractivity contribution is 0.285.